The van der Waals surface area contributed by atoms with Gasteiger partial charge in [0.2, 0.25) is 0 Å². The average Bonchev–Trinajstić information content (AvgIpc) is 2.79. The van der Waals surface area contributed by atoms with E-state index in [1.54, 1.807) is 7.11 Å². The van der Waals surface area contributed by atoms with Crippen molar-refractivity contribution in [3.05, 3.63) is 11.9 Å². The van der Waals surface area contributed by atoms with Crippen LogP contribution in [0.4, 0.5) is 0 Å². The van der Waals surface area contributed by atoms with Gasteiger partial charge in [-0.1, -0.05) is 12.1 Å². The zero-order valence-electron chi connectivity index (χ0n) is 10.9. The molecule has 5 nitrogen and oxygen atoms in total. The smallest absolute Gasteiger partial charge is 0.0827 e. The summed E-state index contributed by atoms with van der Waals surface area (Å²) in [5.74, 6) is 0. The first kappa shape index (κ1) is 14.1. The summed E-state index contributed by atoms with van der Waals surface area (Å²) in [5.41, 5.74) is 1.05. The lowest BCUT2D eigenvalue weighted by atomic mass is 10.2. The molecule has 0 unspecified atom stereocenters. The second-order valence-corrected chi connectivity index (χ2v) is 4.04. The van der Waals surface area contributed by atoms with Crippen molar-refractivity contribution in [2.24, 2.45) is 0 Å². The molecule has 5 heteroatoms. The van der Waals surface area contributed by atoms with Crippen molar-refractivity contribution in [1.82, 2.24) is 15.0 Å². The van der Waals surface area contributed by atoms with Crippen LogP contribution in [-0.2, 0) is 22.4 Å². The molecule has 1 rings (SSSR count). The fourth-order valence-electron chi connectivity index (χ4n) is 1.50. The van der Waals surface area contributed by atoms with Gasteiger partial charge in [0.15, 0.2) is 0 Å². The second-order valence-electron chi connectivity index (χ2n) is 4.04. The van der Waals surface area contributed by atoms with Gasteiger partial charge in [-0.15, -0.1) is 5.10 Å². The first-order chi connectivity index (χ1) is 8.36. The summed E-state index contributed by atoms with van der Waals surface area (Å²) in [5, 5.41) is 8.16. The lowest BCUT2D eigenvalue weighted by Gasteiger charge is -2.00. The van der Waals surface area contributed by atoms with Gasteiger partial charge in [0.05, 0.1) is 18.8 Å². The predicted molar refractivity (Wildman–Crippen MR) is 65.9 cm³/mol. The molecular weight excluding hydrogens is 218 g/mol. The van der Waals surface area contributed by atoms with Gasteiger partial charge in [-0.25, -0.2) is 4.68 Å². The van der Waals surface area contributed by atoms with Crippen LogP contribution in [0.1, 0.15) is 31.9 Å². The van der Waals surface area contributed by atoms with E-state index in [0.29, 0.717) is 6.61 Å². The van der Waals surface area contributed by atoms with Crippen molar-refractivity contribution in [1.29, 1.82) is 0 Å². The summed E-state index contributed by atoms with van der Waals surface area (Å²) >= 11 is 0. The summed E-state index contributed by atoms with van der Waals surface area (Å²) in [6.07, 6.45) is 6.25. The number of methoxy groups -OCH3 is 1. The molecule has 0 radical (unpaired) electrons. The summed E-state index contributed by atoms with van der Waals surface area (Å²) < 4.78 is 12.2. The quantitative estimate of drug-likeness (QED) is 0.585. The van der Waals surface area contributed by atoms with Crippen molar-refractivity contribution in [3.63, 3.8) is 0 Å². The minimum absolute atomic E-state index is 0.674. The Bertz CT molecular complexity index is 289. The van der Waals surface area contributed by atoms with Gasteiger partial charge < -0.3 is 9.47 Å². The van der Waals surface area contributed by atoms with E-state index >= 15 is 0 Å². The Morgan fingerprint density at radius 1 is 1.24 bits per heavy atom. The molecule has 0 saturated heterocycles. The Labute approximate surface area is 103 Å². The lowest BCUT2D eigenvalue weighted by Crippen LogP contribution is -2.04. The standard InChI is InChI=1S/C12H23N3O2/c1-3-8-17-9-5-4-6-12-11-15(14-13-12)7-10-16-2/h11H,3-10H2,1-2H3. The molecule has 0 spiro atoms. The number of aromatic nitrogens is 3. The van der Waals surface area contributed by atoms with E-state index < -0.39 is 0 Å². The summed E-state index contributed by atoms with van der Waals surface area (Å²) in [6, 6.07) is 0. The Balaban J connectivity index is 2.08. The molecule has 98 valence electrons. The number of ether oxygens (including phenoxy) is 2. The molecule has 0 saturated carbocycles. The number of rotatable bonds is 10. The number of unbranched alkanes of at least 4 members (excludes halogenated alkanes) is 1. The minimum Gasteiger partial charge on any atom is -0.383 e. The van der Waals surface area contributed by atoms with Crippen molar-refractivity contribution in [2.75, 3.05) is 26.9 Å². The van der Waals surface area contributed by atoms with Crippen LogP contribution in [0, 0.1) is 0 Å². The minimum atomic E-state index is 0.674. The van der Waals surface area contributed by atoms with Crippen molar-refractivity contribution >= 4 is 0 Å². The van der Waals surface area contributed by atoms with Crippen LogP contribution in [0.25, 0.3) is 0 Å². The van der Waals surface area contributed by atoms with E-state index in [0.717, 1.165) is 51.1 Å². The number of nitrogens with zero attached hydrogens (tertiary/aromatic N) is 3. The van der Waals surface area contributed by atoms with Crippen molar-refractivity contribution in [2.45, 2.75) is 39.2 Å². The van der Waals surface area contributed by atoms with Crippen LogP contribution in [-0.4, -0.2) is 41.9 Å². The van der Waals surface area contributed by atoms with E-state index in [4.69, 9.17) is 9.47 Å². The highest BCUT2D eigenvalue weighted by Gasteiger charge is 2.00. The first-order valence-electron chi connectivity index (χ1n) is 6.32. The molecule has 0 aliphatic carbocycles. The first-order valence-corrected chi connectivity index (χ1v) is 6.32. The molecule has 1 aromatic rings. The fraction of sp³-hybridized carbons (Fsp3) is 0.833. The SMILES string of the molecule is CCCOCCCCc1cn(CCOC)nn1. The molecule has 0 N–H and O–H groups in total. The molecule has 0 aliphatic rings. The maximum absolute atomic E-state index is 5.42. The van der Waals surface area contributed by atoms with Gasteiger partial charge in [-0.2, -0.15) is 0 Å². The van der Waals surface area contributed by atoms with Gasteiger partial charge in [0.25, 0.3) is 0 Å². The lowest BCUT2D eigenvalue weighted by molar-refractivity contribution is 0.131. The third kappa shape index (κ3) is 6.38. The maximum atomic E-state index is 5.42. The van der Waals surface area contributed by atoms with E-state index in [9.17, 15) is 0 Å². The summed E-state index contributed by atoms with van der Waals surface area (Å²) in [6.45, 7) is 5.29. The van der Waals surface area contributed by atoms with Crippen molar-refractivity contribution in [3.8, 4) is 0 Å². The highest BCUT2D eigenvalue weighted by molar-refractivity contribution is 4.92. The average molecular weight is 241 g/mol. The zero-order valence-corrected chi connectivity index (χ0v) is 10.9. The fourth-order valence-corrected chi connectivity index (χ4v) is 1.50. The largest absolute Gasteiger partial charge is 0.383 e. The van der Waals surface area contributed by atoms with E-state index in [1.807, 2.05) is 10.9 Å². The third-order valence-electron chi connectivity index (χ3n) is 2.43. The van der Waals surface area contributed by atoms with Gasteiger partial charge in [-0.05, 0) is 25.7 Å². The van der Waals surface area contributed by atoms with Crippen LogP contribution in [0.2, 0.25) is 0 Å². The van der Waals surface area contributed by atoms with Crippen LogP contribution < -0.4 is 0 Å². The normalized spacial score (nSPS) is 10.9. The molecule has 17 heavy (non-hydrogen) atoms. The Hall–Kier alpha value is -0.940. The molecule has 1 aromatic heterocycles. The Morgan fingerprint density at radius 2 is 2.12 bits per heavy atom. The molecule has 0 aromatic carbocycles. The summed E-state index contributed by atoms with van der Waals surface area (Å²) in [4.78, 5) is 0. The molecule has 0 fully saturated rings. The maximum Gasteiger partial charge on any atom is 0.0827 e. The van der Waals surface area contributed by atoms with Crippen LogP contribution in [0.5, 0.6) is 0 Å². The monoisotopic (exact) mass is 241 g/mol. The van der Waals surface area contributed by atoms with E-state index in [1.165, 1.54) is 0 Å². The molecule has 0 bridgehead atoms. The van der Waals surface area contributed by atoms with Crippen molar-refractivity contribution < 1.29 is 9.47 Å². The van der Waals surface area contributed by atoms with E-state index in [2.05, 4.69) is 17.2 Å². The Kier molecular flexibility index (Phi) is 7.58. The van der Waals surface area contributed by atoms with Gasteiger partial charge in [0.1, 0.15) is 0 Å². The van der Waals surface area contributed by atoms with Gasteiger partial charge in [-0.3, -0.25) is 0 Å². The zero-order chi connectivity index (χ0) is 12.3. The van der Waals surface area contributed by atoms with Crippen LogP contribution in [0.15, 0.2) is 6.20 Å². The summed E-state index contributed by atoms with van der Waals surface area (Å²) in [7, 11) is 1.69. The molecule has 0 amide bonds. The van der Waals surface area contributed by atoms with E-state index in [-0.39, 0.29) is 0 Å². The molecule has 1 heterocycles. The highest BCUT2D eigenvalue weighted by atomic mass is 16.5. The third-order valence-corrected chi connectivity index (χ3v) is 2.43. The van der Waals surface area contributed by atoms with Gasteiger partial charge >= 0.3 is 0 Å². The Morgan fingerprint density at radius 3 is 2.88 bits per heavy atom. The topological polar surface area (TPSA) is 49.2 Å². The number of hydrogen-bond donors (Lipinski definition) is 0. The van der Waals surface area contributed by atoms with Crippen LogP contribution >= 0.6 is 0 Å². The predicted octanol–water partition coefficient (Wildman–Crippen LogP) is 1.67. The highest BCUT2D eigenvalue weighted by Crippen LogP contribution is 2.01. The number of hydrogen-bond acceptors (Lipinski definition) is 4. The second kappa shape index (κ2) is 9.13. The molecule has 0 aliphatic heterocycles. The molecule has 0 atom stereocenters. The van der Waals surface area contributed by atoms with Gasteiger partial charge in [0, 0.05) is 26.5 Å². The number of aryl methyl sites for hydroxylation is 1. The van der Waals surface area contributed by atoms with Crippen LogP contribution in [0.3, 0.4) is 0 Å². The molecular formula is C12H23N3O2.